The normalized spacial score (nSPS) is 12.4. The van der Waals surface area contributed by atoms with Crippen molar-refractivity contribution >= 4 is 75.6 Å². The van der Waals surface area contributed by atoms with Crippen LogP contribution in [0.25, 0.3) is 76.9 Å². The Balaban J connectivity index is 1.15. The molecule has 274 valence electrons. The van der Waals surface area contributed by atoms with Crippen LogP contribution in [0.15, 0.2) is 231 Å². The van der Waals surface area contributed by atoms with Crippen LogP contribution < -0.4 is 0 Å². The topological polar surface area (TPSA) is 48.8 Å². The third kappa shape index (κ3) is 4.73. The molecule has 0 fully saturated rings. The van der Waals surface area contributed by atoms with E-state index in [1.165, 1.54) is 32.6 Å². The van der Waals surface area contributed by atoms with Gasteiger partial charge in [0, 0.05) is 71.9 Å². The summed E-state index contributed by atoms with van der Waals surface area (Å²) in [6, 6.07) is 69.4. The van der Waals surface area contributed by atoms with Crippen molar-refractivity contribution in [3.63, 3.8) is 0 Å². The Morgan fingerprint density at radius 1 is 0.345 bits per heavy atom. The Labute approximate surface area is 335 Å². The highest BCUT2D eigenvalue weighted by Gasteiger charge is 2.37. The fourth-order valence-electron chi connectivity index (χ4n) is 9.08. The predicted molar refractivity (Wildman–Crippen MR) is 238 cm³/mol. The van der Waals surface area contributed by atoms with Gasteiger partial charge in [0.15, 0.2) is 0 Å². The van der Waals surface area contributed by atoms with Crippen LogP contribution in [0.2, 0.25) is 0 Å². The lowest BCUT2D eigenvalue weighted by Gasteiger charge is -2.40. The van der Waals surface area contributed by atoms with E-state index in [0.717, 1.165) is 64.2 Å². The number of aromatic nitrogens is 4. The van der Waals surface area contributed by atoms with Gasteiger partial charge in [-0.2, -0.15) is 0 Å². The summed E-state index contributed by atoms with van der Waals surface area (Å²) in [6.45, 7) is 0. The fourth-order valence-corrected chi connectivity index (χ4v) is 12.7. The molecule has 0 bridgehead atoms. The molecular formula is C52H34N4OS. The molecule has 0 spiro atoms. The summed E-state index contributed by atoms with van der Waals surface area (Å²) >= 11 is 0. The van der Waals surface area contributed by atoms with Crippen molar-refractivity contribution in [2.75, 3.05) is 0 Å². The Morgan fingerprint density at radius 2 is 0.828 bits per heavy atom. The van der Waals surface area contributed by atoms with Crippen LogP contribution in [0.4, 0.5) is 0 Å². The maximum Gasteiger partial charge on any atom is 0.137 e. The van der Waals surface area contributed by atoms with Gasteiger partial charge in [0.2, 0.25) is 0 Å². The summed E-state index contributed by atoms with van der Waals surface area (Å²) in [5.41, 5.74) is 8.48. The average molecular weight is 763 g/mol. The van der Waals surface area contributed by atoms with Gasteiger partial charge in [-0.1, -0.05) is 107 Å². The first-order valence-corrected chi connectivity index (χ1v) is 21.1. The van der Waals surface area contributed by atoms with Crippen LogP contribution in [0.1, 0.15) is 0 Å². The van der Waals surface area contributed by atoms with Crippen LogP contribution >= 0.6 is 10.0 Å². The Hall–Kier alpha value is -7.41. The smallest absolute Gasteiger partial charge is 0.137 e. The van der Waals surface area contributed by atoms with Gasteiger partial charge >= 0.3 is 0 Å². The minimum Gasteiger partial charge on any atom is -0.456 e. The molecule has 0 saturated heterocycles. The molecule has 0 amide bonds. The first-order chi connectivity index (χ1) is 28.8. The zero-order chi connectivity index (χ0) is 38.2. The molecular weight excluding hydrogens is 729 g/mol. The SMILES string of the molecule is c1ccc(S(c2cccc(-n3c4ccccc4c4ccccc43)c2)(c2cccc(-n3c4ccccc4c4cc5c(cc43)oc3ccccc35)c2)c2ccccn2)nc1. The van der Waals surface area contributed by atoms with Gasteiger partial charge in [0.05, 0.1) is 32.1 Å². The van der Waals surface area contributed by atoms with E-state index in [4.69, 9.17) is 14.4 Å². The van der Waals surface area contributed by atoms with E-state index in [9.17, 15) is 0 Å². The van der Waals surface area contributed by atoms with E-state index < -0.39 is 10.0 Å². The second kappa shape index (κ2) is 12.8. The second-order valence-electron chi connectivity index (χ2n) is 14.6. The number of pyridine rings is 2. The average Bonchev–Trinajstić information content (AvgIpc) is 3.94. The summed E-state index contributed by atoms with van der Waals surface area (Å²) in [5, 5.41) is 9.03. The molecule has 0 aliphatic heterocycles. The molecule has 58 heavy (non-hydrogen) atoms. The highest BCUT2D eigenvalue weighted by atomic mass is 32.3. The number of furan rings is 1. The maximum atomic E-state index is 6.47. The third-order valence-electron chi connectivity index (χ3n) is 11.5. The zero-order valence-corrected chi connectivity index (χ0v) is 32.1. The molecule has 12 aromatic rings. The molecule has 0 aliphatic carbocycles. The van der Waals surface area contributed by atoms with Crippen LogP contribution in [0.3, 0.4) is 0 Å². The predicted octanol–water partition coefficient (Wildman–Crippen LogP) is 13.9. The molecule has 5 aromatic heterocycles. The lowest BCUT2D eigenvalue weighted by molar-refractivity contribution is 0.669. The summed E-state index contributed by atoms with van der Waals surface area (Å²) in [5.74, 6) is 0. The van der Waals surface area contributed by atoms with Crippen LogP contribution in [0.5, 0.6) is 0 Å². The van der Waals surface area contributed by atoms with E-state index in [1.807, 2.05) is 36.7 Å². The highest BCUT2D eigenvalue weighted by Crippen LogP contribution is 2.72. The summed E-state index contributed by atoms with van der Waals surface area (Å²) < 4.78 is 11.2. The van der Waals surface area contributed by atoms with Gasteiger partial charge < -0.3 is 13.6 Å². The molecule has 6 heteroatoms. The minimum atomic E-state index is -2.27. The Bertz CT molecular complexity index is 3440. The number of hydrogen-bond donors (Lipinski definition) is 0. The summed E-state index contributed by atoms with van der Waals surface area (Å²) in [4.78, 5) is 12.7. The summed E-state index contributed by atoms with van der Waals surface area (Å²) in [6.07, 6.45) is 3.82. The molecule has 7 aromatic carbocycles. The van der Waals surface area contributed by atoms with Gasteiger partial charge in [-0.25, -0.2) is 0 Å². The van der Waals surface area contributed by atoms with Crippen molar-refractivity contribution in [1.82, 2.24) is 19.1 Å². The Morgan fingerprint density at radius 3 is 1.38 bits per heavy atom. The van der Waals surface area contributed by atoms with Crippen LogP contribution in [-0.2, 0) is 0 Å². The van der Waals surface area contributed by atoms with Gasteiger partial charge in [-0.3, -0.25) is 9.97 Å². The molecule has 0 atom stereocenters. The van der Waals surface area contributed by atoms with Gasteiger partial charge in [0.25, 0.3) is 0 Å². The molecule has 0 radical (unpaired) electrons. The van der Waals surface area contributed by atoms with E-state index >= 15 is 0 Å². The number of fused-ring (bicyclic) bond motifs is 9. The van der Waals surface area contributed by atoms with Crippen LogP contribution in [0, 0.1) is 0 Å². The monoisotopic (exact) mass is 762 g/mol. The lowest BCUT2D eigenvalue weighted by atomic mass is 10.1. The van der Waals surface area contributed by atoms with Gasteiger partial charge in [-0.15, -0.1) is 0 Å². The first-order valence-electron chi connectivity index (χ1n) is 19.5. The summed E-state index contributed by atoms with van der Waals surface area (Å²) in [7, 11) is -2.27. The molecule has 0 N–H and O–H groups in total. The number of nitrogens with zero attached hydrogens (tertiary/aromatic N) is 4. The van der Waals surface area contributed by atoms with Crippen molar-refractivity contribution < 1.29 is 4.42 Å². The number of hydrogen-bond acceptors (Lipinski definition) is 3. The van der Waals surface area contributed by atoms with Crippen molar-refractivity contribution in [2.45, 2.75) is 19.8 Å². The minimum absolute atomic E-state index is 0.873. The standard InChI is InChI=1S/C52H34N4OS/c1-5-23-45-39(19-1)40-20-2-6-24-46(40)55(45)35-15-13-17-37(31-35)58(51-27-9-11-29-53-51,52-28-10-12-30-54-52)38-18-14-16-36(32-38)56-47-25-7-3-21-41(47)43-33-44-42-22-4-8-26-49(42)57-50(44)34-48(43)56/h1-34H. The van der Waals surface area contributed by atoms with Crippen molar-refractivity contribution in [2.24, 2.45) is 0 Å². The quantitative estimate of drug-likeness (QED) is 0.169. The lowest BCUT2D eigenvalue weighted by Crippen LogP contribution is -2.09. The zero-order valence-electron chi connectivity index (χ0n) is 31.2. The second-order valence-corrected chi connectivity index (χ2v) is 17.6. The fraction of sp³-hybridized carbons (Fsp3) is 0. The number of rotatable bonds is 6. The maximum absolute atomic E-state index is 6.47. The molecule has 0 saturated carbocycles. The molecule has 12 rings (SSSR count). The van der Waals surface area contributed by atoms with E-state index in [1.54, 1.807) is 0 Å². The van der Waals surface area contributed by atoms with Crippen LogP contribution in [-0.4, -0.2) is 19.1 Å². The van der Waals surface area contributed by atoms with Crippen molar-refractivity contribution in [3.05, 3.63) is 207 Å². The van der Waals surface area contributed by atoms with Crippen molar-refractivity contribution in [1.29, 1.82) is 0 Å². The molecule has 0 unspecified atom stereocenters. The first kappa shape index (κ1) is 32.8. The van der Waals surface area contributed by atoms with E-state index in [-0.39, 0.29) is 0 Å². The van der Waals surface area contributed by atoms with Gasteiger partial charge in [0.1, 0.15) is 11.2 Å². The molecule has 5 heterocycles. The molecule has 0 aliphatic rings. The largest absolute Gasteiger partial charge is 0.456 e. The Kier molecular flexibility index (Phi) is 7.25. The van der Waals surface area contributed by atoms with E-state index in [2.05, 4.69) is 179 Å². The van der Waals surface area contributed by atoms with Crippen molar-refractivity contribution in [3.8, 4) is 11.4 Å². The number of para-hydroxylation sites is 4. The third-order valence-corrected chi connectivity index (χ3v) is 15.2. The van der Waals surface area contributed by atoms with Gasteiger partial charge in [-0.05, 0) is 91.0 Å². The number of benzene rings is 7. The molecule has 5 nitrogen and oxygen atoms in total. The highest BCUT2D eigenvalue weighted by molar-refractivity contribution is 8.33. The van der Waals surface area contributed by atoms with E-state index in [0.29, 0.717) is 0 Å².